The van der Waals surface area contributed by atoms with Gasteiger partial charge in [-0.2, -0.15) is 0 Å². The average Bonchev–Trinajstić information content (AvgIpc) is 2.71. The lowest BCUT2D eigenvalue weighted by Crippen LogP contribution is -2.47. The zero-order chi connectivity index (χ0) is 20.9. The van der Waals surface area contributed by atoms with Crippen molar-refractivity contribution < 1.29 is 23.9 Å². The first-order valence-corrected chi connectivity index (χ1v) is 9.51. The second kappa shape index (κ2) is 12.5. The third-order valence-electron chi connectivity index (χ3n) is 4.27. The van der Waals surface area contributed by atoms with E-state index in [2.05, 4.69) is 15.3 Å². The minimum absolute atomic E-state index is 0.0999. The van der Waals surface area contributed by atoms with Gasteiger partial charge in [-0.3, -0.25) is 19.3 Å². The highest BCUT2D eigenvalue weighted by molar-refractivity contribution is 5.99. The Labute approximate surface area is 168 Å². The molecular formula is C19H26N5O5+. The van der Waals surface area contributed by atoms with E-state index in [1.807, 2.05) is 12.1 Å². The van der Waals surface area contributed by atoms with Crippen LogP contribution in [0.1, 0.15) is 24.8 Å². The van der Waals surface area contributed by atoms with Crippen molar-refractivity contribution in [2.24, 2.45) is 5.11 Å². The molecule has 1 heterocycles. The Kier molecular flexibility index (Phi) is 9.64. The number of imide groups is 1. The van der Waals surface area contributed by atoms with Crippen LogP contribution in [-0.4, -0.2) is 62.1 Å². The van der Waals surface area contributed by atoms with E-state index in [1.54, 1.807) is 12.1 Å². The van der Waals surface area contributed by atoms with Gasteiger partial charge in [-0.1, -0.05) is 12.1 Å². The number of carbonyl (C=O) groups excluding carboxylic acids is 3. The van der Waals surface area contributed by atoms with E-state index in [1.165, 1.54) is 4.90 Å². The number of ether oxygens (including phenoxy) is 2. The topological polar surface area (TPSA) is 135 Å². The average molecular weight is 404 g/mol. The SMILES string of the molecule is N=[N+]=NCCOCCOCCC(=O)Nc1ccc(CCC(=O)N2CCC2=O)cc1. The van der Waals surface area contributed by atoms with Crippen LogP contribution in [0.3, 0.4) is 0 Å². The summed E-state index contributed by atoms with van der Waals surface area (Å²) in [4.78, 5) is 39.2. The molecule has 0 aliphatic carbocycles. The van der Waals surface area contributed by atoms with Gasteiger partial charge in [0.25, 0.3) is 0 Å². The third-order valence-corrected chi connectivity index (χ3v) is 4.27. The molecule has 3 amide bonds. The second-order valence-electron chi connectivity index (χ2n) is 6.37. The normalized spacial score (nSPS) is 12.8. The molecule has 0 radical (unpaired) electrons. The lowest BCUT2D eigenvalue weighted by molar-refractivity contribution is -0.152. The molecule has 1 aromatic rings. The smallest absolute Gasteiger partial charge is 0.230 e. The first-order chi connectivity index (χ1) is 14.1. The molecule has 1 aromatic carbocycles. The first-order valence-electron chi connectivity index (χ1n) is 9.51. The van der Waals surface area contributed by atoms with E-state index < -0.39 is 0 Å². The molecule has 0 atom stereocenters. The number of aryl methyl sites for hydroxylation is 1. The Morgan fingerprint density at radius 2 is 1.83 bits per heavy atom. The van der Waals surface area contributed by atoms with Crippen LogP contribution < -0.4 is 10.2 Å². The number of hydrogen-bond acceptors (Lipinski definition) is 7. The molecule has 29 heavy (non-hydrogen) atoms. The summed E-state index contributed by atoms with van der Waals surface area (Å²) in [6, 6.07) is 7.29. The van der Waals surface area contributed by atoms with Crippen LogP contribution in [-0.2, 0) is 30.3 Å². The predicted octanol–water partition coefficient (Wildman–Crippen LogP) is 1.29. The maximum atomic E-state index is 11.9. The van der Waals surface area contributed by atoms with Crippen LogP contribution in [0.15, 0.2) is 29.4 Å². The summed E-state index contributed by atoms with van der Waals surface area (Å²) >= 11 is 0. The molecule has 0 bridgehead atoms. The van der Waals surface area contributed by atoms with Crippen molar-refractivity contribution in [3.8, 4) is 0 Å². The Bertz CT molecular complexity index is 746. The van der Waals surface area contributed by atoms with Crippen molar-refractivity contribution in [3.63, 3.8) is 0 Å². The largest absolute Gasteiger partial charge is 0.379 e. The van der Waals surface area contributed by atoms with Crippen molar-refractivity contribution in [1.29, 1.82) is 5.53 Å². The van der Waals surface area contributed by atoms with Gasteiger partial charge >= 0.3 is 0 Å². The molecule has 0 aromatic heterocycles. The number of β-lactam (4-membered cyclic amide) rings is 1. The predicted molar refractivity (Wildman–Crippen MR) is 103 cm³/mol. The van der Waals surface area contributed by atoms with Crippen molar-refractivity contribution in [2.45, 2.75) is 25.7 Å². The molecule has 10 heteroatoms. The molecule has 156 valence electrons. The van der Waals surface area contributed by atoms with Gasteiger partial charge in [-0.15, -0.1) is 0 Å². The van der Waals surface area contributed by atoms with Crippen molar-refractivity contribution in [1.82, 2.24) is 9.81 Å². The van der Waals surface area contributed by atoms with Gasteiger partial charge in [-0.05, 0) is 24.1 Å². The lowest BCUT2D eigenvalue weighted by Gasteiger charge is -2.28. The fraction of sp³-hybridized carbons (Fsp3) is 0.526. The van der Waals surface area contributed by atoms with Gasteiger partial charge < -0.3 is 14.8 Å². The third kappa shape index (κ3) is 8.30. The van der Waals surface area contributed by atoms with E-state index in [4.69, 9.17) is 15.0 Å². The maximum Gasteiger partial charge on any atom is 0.230 e. The Balaban J connectivity index is 1.56. The zero-order valence-corrected chi connectivity index (χ0v) is 16.3. The summed E-state index contributed by atoms with van der Waals surface area (Å²) in [6.45, 7) is 2.31. The van der Waals surface area contributed by atoms with Crippen LogP contribution in [0, 0.1) is 5.53 Å². The summed E-state index contributed by atoms with van der Waals surface area (Å²) in [7, 11) is 0. The van der Waals surface area contributed by atoms with E-state index in [0.29, 0.717) is 57.9 Å². The molecule has 0 unspecified atom stereocenters. The van der Waals surface area contributed by atoms with E-state index >= 15 is 0 Å². The Morgan fingerprint density at radius 3 is 2.45 bits per heavy atom. The first kappa shape index (κ1) is 22.4. The number of anilines is 1. The Hall–Kier alpha value is -2.94. The van der Waals surface area contributed by atoms with Gasteiger partial charge in [0, 0.05) is 25.1 Å². The van der Waals surface area contributed by atoms with E-state index in [-0.39, 0.29) is 30.7 Å². The molecule has 10 nitrogen and oxygen atoms in total. The van der Waals surface area contributed by atoms with Crippen LogP contribution in [0.2, 0.25) is 0 Å². The fourth-order valence-electron chi connectivity index (χ4n) is 2.59. The van der Waals surface area contributed by atoms with E-state index in [9.17, 15) is 14.4 Å². The summed E-state index contributed by atoms with van der Waals surface area (Å²) < 4.78 is 10.5. The van der Waals surface area contributed by atoms with Crippen LogP contribution in [0.5, 0.6) is 0 Å². The summed E-state index contributed by atoms with van der Waals surface area (Å²) in [5, 5.41) is 6.24. The number of amides is 3. The second-order valence-corrected chi connectivity index (χ2v) is 6.37. The molecule has 2 N–H and O–H groups in total. The minimum Gasteiger partial charge on any atom is -0.379 e. The molecule has 0 saturated carbocycles. The zero-order valence-electron chi connectivity index (χ0n) is 16.3. The lowest BCUT2D eigenvalue weighted by atomic mass is 10.1. The van der Waals surface area contributed by atoms with Gasteiger partial charge in [0.05, 0.1) is 32.8 Å². The molecule has 0 spiro atoms. The molecule has 2 rings (SSSR count). The van der Waals surface area contributed by atoms with Crippen LogP contribution in [0.4, 0.5) is 5.69 Å². The summed E-state index contributed by atoms with van der Waals surface area (Å²) in [6.07, 6.45) is 1.54. The van der Waals surface area contributed by atoms with Crippen molar-refractivity contribution in [2.75, 3.05) is 44.8 Å². The molecule has 1 fully saturated rings. The minimum atomic E-state index is -0.152. The molecule has 1 saturated heterocycles. The number of carbonyl (C=O) groups is 3. The number of nitrogens with one attached hydrogen (secondary N) is 2. The number of rotatable bonds is 13. The molecule has 1 aliphatic heterocycles. The number of likely N-dealkylation sites (tertiary alicyclic amines) is 1. The quantitative estimate of drug-likeness (QED) is 0.221. The summed E-state index contributed by atoms with van der Waals surface area (Å²) in [5.41, 5.74) is 8.13. The number of benzene rings is 1. The van der Waals surface area contributed by atoms with Crippen LogP contribution >= 0.6 is 0 Å². The van der Waals surface area contributed by atoms with Gasteiger partial charge in [0.15, 0.2) is 0 Å². The highest BCUT2D eigenvalue weighted by Gasteiger charge is 2.29. The monoisotopic (exact) mass is 404 g/mol. The standard InChI is InChI=1S/C19H25N5O5/c20-23-21-9-12-29-14-13-28-11-8-17(25)22-16-4-1-15(2-5-16)3-6-18(26)24-10-7-19(24)27/h1-2,4-5,20H,3,6-14H2/p+1. The van der Waals surface area contributed by atoms with E-state index in [0.717, 1.165) is 5.56 Å². The van der Waals surface area contributed by atoms with Gasteiger partial charge in [0.1, 0.15) is 17.2 Å². The Morgan fingerprint density at radius 1 is 1.10 bits per heavy atom. The maximum absolute atomic E-state index is 11.9. The molecular weight excluding hydrogens is 378 g/mol. The number of hydrogen-bond donors (Lipinski definition) is 2. The summed E-state index contributed by atoms with van der Waals surface area (Å²) in [5.74, 6) is -0.388. The fourth-order valence-corrected chi connectivity index (χ4v) is 2.59. The number of nitrogens with zero attached hydrogens (tertiary/aromatic N) is 3. The van der Waals surface area contributed by atoms with Crippen LogP contribution in [0.25, 0.3) is 0 Å². The van der Waals surface area contributed by atoms with Crippen molar-refractivity contribution >= 4 is 23.4 Å². The highest BCUT2D eigenvalue weighted by Crippen LogP contribution is 2.14. The molecule has 1 aliphatic rings. The van der Waals surface area contributed by atoms with Gasteiger partial charge in [0.2, 0.25) is 22.6 Å². The van der Waals surface area contributed by atoms with Gasteiger partial charge in [-0.25, -0.2) is 0 Å². The van der Waals surface area contributed by atoms with Crippen molar-refractivity contribution in [3.05, 3.63) is 29.8 Å². The highest BCUT2D eigenvalue weighted by atomic mass is 16.5.